The number of para-hydroxylation sites is 2. The van der Waals surface area contributed by atoms with E-state index in [-0.39, 0.29) is 11.4 Å². The van der Waals surface area contributed by atoms with E-state index in [4.69, 9.17) is 14.2 Å². The summed E-state index contributed by atoms with van der Waals surface area (Å²) in [6.45, 7) is 0. The van der Waals surface area contributed by atoms with Crippen LogP contribution >= 0.6 is 21.6 Å². The molecule has 0 bridgehead atoms. The minimum absolute atomic E-state index is 0.0435. The van der Waals surface area contributed by atoms with Gasteiger partial charge in [-0.25, -0.2) is 0 Å². The van der Waals surface area contributed by atoms with Gasteiger partial charge in [0.25, 0.3) is 4.93 Å². The van der Waals surface area contributed by atoms with Crippen molar-refractivity contribution in [1.82, 2.24) is 0 Å². The van der Waals surface area contributed by atoms with Gasteiger partial charge in [0.05, 0.1) is 16.0 Å². The van der Waals surface area contributed by atoms with Gasteiger partial charge < -0.3 is 14.2 Å². The van der Waals surface area contributed by atoms with Gasteiger partial charge in [0.15, 0.2) is 5.60 Å². The number of ether oxygens (including phenoxy) is 3. The van der Waals surface area contributed by atoms with Gasteiger partial charge in [-0.15, -0.1) is 0 Å². The molecule has 176 valence electrons. The van der Waals surface area contributed by atoms with Crippen molar-refractivity contribution in [3.8, 4) is 11.5 Å². The maximum atomic E-state index is 14.3. The topological polar surface area (TPSA) is 44.8 Å². The Morgan fingerprint density at radius 1 is 0.676 bits per heavy atom. The molecule has 2 saturated carbocycles. The van der Waals surface area contributed by atoms with E-state index in [1.54, 1.807) is 21.6 Å². The Hall–Kier alpha value is -2.05. The Morgan fingerprint density at radius 2 is 1.29 bits per heavy atom. The van der Waals surface area contributed by atoms with Gasteiger partial charge >= 0.3 is 0 Å². The van der Waals surface area contributed by atoms with Crippen molar-refractivity contribution in [3.63, 3.8) is 0 Å². The van der Waals surface area contributed by atoms with Crippen molar-refractivity contribution in [1.29, 1.82) is 0 Å². The number of rotatable bonds is 0. The van der Waals surface area contributed by atoms with Gasteiger partial charge in [-0.3, -0.25) is 4.79 Å². The minimum Gasteiger partial charge on any atom is -0.481 e. The standard InChI is InChI=1S/C28H28O4S2/c29-24-20-12-4-6-14-22(20)31-27(17-9-2-10-18-27)28(24)32-23-19-11-3-5-13-21(19)30-26(25(23)33-34-28)15-7-1-8-16-26/h3-6,11-14H,1-2,7-10,15-18H2/t28-/m0/s1. The van der Waals surface area contributed by atoms with Gasteiger partial charge in [-0.2, -0.15) is 0 Å². The van der Waals surface area contributed by atoms with Crippen LogP contribution in [0.5, 0.6) is 11.5 Å². The molecule has 0 aromatic heterocycles. The quantitative estimate of drug-likeness (QED) is 0.354. The molecule has 2 aromatic rings. The smallest absolute Gasteiger partial charge is 0.266 e. The summed E-state index contributed by atoms with van der Waals surface area (Å²) in [5, 5.41) is 0. The van der Waals surface area contributed by atoms with Crippen LogP contribution in [0.15, 0.2) is 53.4 Å². The first-order chi connectivity index (χ1) is 16.7. The lowest BCUT2D eigenvalue weighted by molar-refractivity contribution is -0.0866. The highest BCUT2D eigenvalue weighted by Gasteiger charge is 2.67. The highest BCUT2D eigenvalue weighted by atomic mass is 33.1. The van der Waals surface area contributed by atoms with Gasteiger partial charge in [0.1, 0.15) is 22.9 Å². The molecule has 1 atom stereocenters. The molecule has 5 aliphatic rings. The van der Waals surface area contributed by atoms with Crippen molar-refractivity contribution in [2.24, 2.45) is 0 Å². The lowest BCUT2D eigenvalue weighted by Gasteiger charge is -2.55. The highest BCUT2D eigenvalue weighted by molar-refractivity contribution is 8.79. The van der Waals surface area contributed by atoms with E-state index < -0.39 is 10.5 Å². The summed E-state index contributed by atoms with van der Waals surface area (Å²) >= 11 is 0. The van der Waals surface area contributed by atoms with E-state index in [0.29, 0.717) is 11.3 Å². The summed E-state index contributed by atoms with van der Waals surface area (Å²) in [6.07, 6.45) is 10.4. The summed E-state index contributed by atoms with van der Waals surface area (Å²) in [7, 11) is 3.29. The number of carbonyl (C=O) groups is 1. The summed E-state index contributed by atoms with van der Waals surface area (Å²) < 4.78 is 20.6. The maximum absolute atomic E-state index is 14.3. The Labute approximate surface area is 208 Å². The van der Waals surface area contributed by atoms with Crippen LogP contribution in [0, 0.1) is 0 Å². The van der Waals surface area contributed by atoms with E-state index in [9.17, 15) is 4.79 Å². The summed E-state index contributed by atoms with van der Waals surface area (Å²) in [5.74, 6) is 2.45. The third-order valence-corrected chi connectivity index (χ3v) is 11.3. The molecule has 2 fully saturated rings. The van der Waals surface area contributed by atoms with Gasteiger partial charge in [0, 0.05) is 0 Å². The van der Waals surface area contributed by atoms with Crippen LogP contribution in [0.2, 0.25) is 0 Å². The van der Waals surface area contributed by atoms with Crippen molar-refractivity contribution in [2.45, 2.75) is 80.3 Å². The van der Waals surface area contributed by atoms with E-state index in [1.165, 1.54) is 12.8 Å². The molecular formula is C28H28O4S2. The van der Waals surface area contributed by atoms with Gasteiger partial charge in [0.2, 0.25) is 5.78 Å². The number of Topliss-reactive ketones (excluding diaryl/α,β-unsaturated/α-hetero) is 1. The Bertz CT molecular complexity index is 1190. The largest absolute Gasteiger partial charge is 0.481 e. The maximum Gasteiger partial charge on any atom is 0.266 e. The number of fused-ring (bicyclic) bond motifs is 5. The van der Waals surface area contributed by atoms with Crippen molar-refractivity contribution >= 4 is 33.1 Å². The SMILES string of the molecule is O=C1c2ccccc2OC2(CCCCC2)[C@]12OC1=C(SS2)C2(CCCCC2)Oc2ccccc21. The van der Waals surface area contributed by atoms with Crippen LogP contribution in [0.4, 0.5) is 0 Å². The second-order valence-corrected chi connectivity index (χ2v) is 12.5. The molecule has 2 aromatic carbocycles. The molecule has 4 nitrogen and oxygen atoms in total. The Kier molecular flexibility index (Phi) is 4.83. The van der Waals surface area contributed by atoms with Crippen LogP contribution < -0.4 is 9.47 Å². The molecule has 34 heavy (non-hydrogen) atoms. The summed E-state index contributed by atoms with van der Waals surface area (Å²) in [6, 6.07) is 15.8. The first kappa shape index (κ1) is 21.3. The molecule has 2 aliphatic carbocycles. The molecular weight excluding hydrogens is 464 g/mol. The lowest BCUT2D eigenvalue weighted by Crippen LogP contribution is -2.65. The number of ketones is 1. The van der Waals surface area contributed by atoms with E-state index >= 15 is 0 Å². The molecule has 0 radical (unpaired) electrons. The number of carbonyl (C=O) groups excluding carboxylic acids is 1. The third-order valence-electron chi connectivity index (χ3n) is 8.20. The fraction of sp³-hybridized carbons (Fsp3) is 0.464. The zero-order valence-corrected chi connectivity index (χ0v) is 20.8. The molecule has 3 spiro atoms. The molecule has 6 heteroatoms. The fourth-order valence-electron chi connectivity index (χ4n) is 6.47. The zero-order valence-electron chi connectivity index (χ0n) is 19.1. The predicted molar refractivity (Wildman–Crippen MR) is 136 cm³/mol. The predicted octanol–water partition coefficient (Wildman–Crippen LogP) is 7.54. The molecule has 0 saturated heterocycles. The average Bonchev–Trinajstić information content (AvgIpc) is 2.89. The Balaban J connectivity index is 1.42. The second kappa shape index (κ2) is 7.72. The summed E-state index contributed by atoms with van der Waals surface area (Å²) in [5.41, 5.74) is 0.569. The average molecular weight is 493 g/mol. The van der Waals surface area contributed by atoms with Gasteiger partial charge in [-0.05, 0) is 97.2 Å². The number of hydrogen-bond donors (Lipinski definition) is 0. The molecule has 7 rings (SSSR count). The van der Waals surface area contributed by atoms with E-state index in [1.807, 2.05) is 42.5 Å². The summed E-state index contributed by atoms with van der Waals surface area (Å²) in [4.78, 5) is 14.4. The van der Waals surface area contributed by atoms with Crippen LogP contribution in [0.25, 0.3) is 5.76 Å². The minimum atomic E-state index is -1.11. The van der Waals surface area contributed by atoms with Crippen molar-refractivity contribution in [2.75, 3.05) is 0 Å². The highest BCUT2D eigenvalue weighted by Crippen LogP contribution is 2.66. The van der Waals surface area contributed by atoms with E-state index in [0.717, 1.165) is 73.3 Å². The molecule has 0 N–H and O–H groups in total. The van der Waals surface area contributed by atoms with E-state index in [2.05, 4.69) is 6.07 Å². The van der Waals surface area contributed by atoms with Crippen LogP contribution in [0.3, 0.4) is 0 Å². The Morgan fingerprint density at radius 3 is 2.03 bits per heavy atom. The third kappa shape index (κ3) is 2.84. The molecule has 3 aliphatic heterocycles. The first-order valence-corrected chi connectivity index (χ1v) is 14.7. The molecule has 0 amide bonds. The number of benzene rings is 2. The molecule has 0 unspecified atom stereocenters. The van der Waals surface area contributed by atoms with Crippen LogP contribution in [0.1, 0.15) is 80.1 Å². The van der Waals surface area contributed by atoms with Crippen molar-refractivity contribution in [3.05, 3.63) is 64.6 Å². The fourth-order valence-corrected chi connectivity index (χ4v) is 10.1. The lowest BCUT2D eigenvalue weighted by atomic mass is 9.75. The normalized spacial score (nSPS) is 28.4. The van der Waals surface area contributed by atoms with Gasteiger partial charge in [-0.1, -0.05) is 37.1 Å². The second-order valence-electron chi connectivity index (χ2n) is 10.2. The van der Waals surface area contributed by atoms with Crippen molar-refractivity contribution < 1.29 is 19.0 Å². The molecule has 3 heterocycles. The van der Waals surface area contributed by atoms with Crippen LogP contribution in [-0.2, 0) is 4.74 Å². The monoisotopic (exact) mass is 492 g/mol. The first-order valence-electron chi connectivity index (χ1n) is 12.6. The van der Waals surface area contributed by atoms with Crippen LogP contribution in [-0.4, -0.2) is 21.9 Å². The number of hydrogen-bond acceptors (Lipinski definition) is 6. The zero-order chi connectivity index (χ0) is 22.8.